The Morgan fingerprint density at radius 1 is 1.10 bits per heavy atom. The Hall–Kier alpha value is -0.880. The van der Waals surface area contributed by atoms with E-state index in [1.807, 2.05) is 0 Å². The van der Waals surface area contributed by atoms with E-state index in [9.17, 15) is 0 Å². The van der Waals surface area contributed by atoms with E-state index in [1.165, 1.54) is 32.1 Å². The fourth-order valence-electron chi connectivity index (χ4n) is 3.63. The van der Waals surface area contributed by atoms with Crippen LogP contribution in [0, 0.1) is 4.77 Å². The first kappa shape index (κ1) is 15.0. The average Bonchev–Trinajstić information content (AvgIpc) is 2.90. The second-order valence-electron chi connectivity index (χ2n) is 6.61. The Balaban J connectivity index is 1.76. The molecule has 1 aromatic heterocycles. The molecule has 1 aliphatic heterocycles. The molecule has 1 saturated carbocycles. The number of hydrogen-bond donors (Lipinski definition) is 1. The van der Waals surface area contributed by atoms with Crippen molar-refractivity contribution < 1.29 is 0 Å². The van der Waals surface area contributed by atoms with Gasteiger partial charge in [0.15, 0.2) is 4.77 Å². The highest BCUT2D eigenvalue weighted by molar-refractivity contribution is 7.71. The van der Waals surface area contributed by atoms with Gasteiger partial charge in [0.2, 0.25) is 5.95 Å². The molecule has 0 aromatic carbocycles. The molecule has 1 saturated heterocycles. The van der Waals surface area contributed by atoms with Gasteiger partial charge in [-0.05, 0) is 38.9 Å². The lowest BCUT2D eigenvalue weighted by Gasteiger charge is -2.38. The highest BCUT2D eigenvalue weighted by Gasteiger charge is 2.26. The zero-order valence-corrected chi connectivity index (χ0v) is 14.0. The Kier molecular flexibility index (Phi) is 4.64. The van der Waals surface area contributed by atoms with Crippen molar-refractivity contribution in [2.45, 2.75) is 58.0 Å². The number of aromatic nitrogens is 3. The van der Waals surface area contributed by atoms with Gasteiger partial charge >= 0.3 is 0 Å². The number of aromatic amines is 1. The lowest BCUT2D eigenvalue weighted by atomic mass is 9.95. The number of anilines is 1. The van der Waals surface area contributed by atoms with Crippen LogP contribution in [0.5, 0.6) is 0 Å². The molecule has 3 rings (SSSR count). The Morgan fingerprint density at radius 3 is 2.38 bits per heavy atom. The summed E-state index contributed by atoms with van der Waals surface area (Å²) in [7, 11) is 0. The summed E-state index contributed by atoms with van der Waals surface area (Å²) in [6, 6.07) is 1.18. The summed E-state index contributed by atoms with van der Waals surface area (Å²) in [4.78, 5) is 4.93. The van der Waals surface area contributed by atoms with Gasteiger partial charge in [0, 0.05) is 38.3 Å². The summed E-state index contributed by atoms with van der Waals surface area (Å²) < 4.78 is 3.09. The molecule has 0 amide bonds. The van der Waals surface area contributed by atoms with E-state index in [-0.39, 0.29) is 0 Å². The van der Waals surface area contributed by atoms with Gasteiger partial charge in [0.05, 0.1) is 0 Å². The second kappa shape index (κ2) is 6.48. The predicted octanol–water partition coefficient (Wildman–Crippen LogP) is 2.98. The third-order valence-corrected chi connectivity index (χ3v) is 5.24. The minimum absolute atomic E-state index is 0.545. The number of H-pyrrole nitrogens is 1. The molecule has 1 aliphatic carbocycles. The monoisotopic (exact) mass is 309 g/mol. The first-order valence-corrected chi connectivity index (χ1v) is 8.73. The summed E-state index contributed by atoms with van der Waals surface area (Å²) >= 11 is 5.50. The van der Waals surface area contributed by atoms with Crippen LogP contribution in [0.3, 0.4) is 0 Å². The van der Waals surface area contributed by atoms with E-state index in [4.69, 9.17) is 12.2 Å². The van der Waals surface area contributed by atoms with Crippen LogP contribution in [-0.2, 0) is 0 Å². The van der Waals surface area contributed by atoms with Gasteiger partial charge in [-0.15, -0.1) is 5.10 Å². The molecular formula is C15H27N5S. The summed E-state index contributed by atoms with van der Waals surface area (Å²) in [5.41, 5.74) is 0. The van der Waals surface area contributed by atoms with E-state index in [0.29, 0.717) is 12.1 Å². The lowest BCUT2D eigenvalue weighted by Crippen LogP contribution is -2.49. The molecule has 118 valence electrons. The standard InChI is InChI=1S/C15H27N5S/c1-12(2)18-8-10-19(11-9-18)14-16-17-15(21)20(14)13-6-4-3-5-7-13/h12-13H,3-11H2,1-2H3,(H,17,21). The van der Waals surface area contributed by atoms with Gasteiger partial charge in [-0.3, -0.25) is 9.47 Å². The summed E-state index contributed by atoms with van der Waals surface area (Å²) in [6.45, 7) is 8.86. The van der Waals surface area contributed by atoms with Crippen molar-refractivity contribution in [3.63, 3.8) is 0 Å². The van der Waals surface area contributed by atoms with Gasteiger partial charge in [-0.25, -0.2) is 5.10 Å². The average molecular weight is 309 g/mol. The molecule has 0 radical (unpaired) electrons. The van der Waals surface area contributed by atoms with E-state index >= 15 is 0 Å². The lowest BCUT2D eigenvalue weighted by molar-refractivity contribution is 0.207. The van der Waals surface area contributed by atoms with Crippen molar-refractivity contribution in [2.24, 2.45) is 0 Å². The molecule has 1 aromatic rings. The number of piperazine rings is 1. The van der Waals surface area contributed by atoms with Gasteiger partial charge in [0.25, 0.3) is 0 Å². The Labute approximate surface area is 132 Å². The quantitative estimate of drug-likeness (QED) is 0.872. The molecule has 0 atom stereocenters. The van der Waals surface area contributed by atoms with Crippen LogP contribution >= 0.6 is 12.2 Å². The minimum atomic E-state index is 0.545. The van der Waals surface area contributed by atoms with Crippen LogP contribution < -0.4 is 4.90 Å². The van der Waals surface area contributed by atoms with Crippen LogP contribution in [0.2, 0.25) is 0 Å². The van der Waals surface area contributed by atoms with Crippen LogP contribution in [0.1, 0.15) is 52.0 Å². The van der Waals surface area contributed by atoms with Crippen molar-refractivity contribution in [1.29, 1.82) is 0 Å². The van der Waals surface area contributed by atoms with Crippen LogP contribution in [0.25, 0.3) is 0 Å². The predicted molar refractivity (Wildman–Crippen MR) is 88.5 cm³/mol. The first-order chi connectivity index (χ1) is 10.2. The van der Waals surface area contributed by atoms with Crippen LogP contribution in [0.4, 0.5) is 5.95 Å². The second-order valence-corrected chi connectivity index (χ2v) is 6.99. The van der Waals surface area contributed by atoms with Crippen molar-refractivity contribution in [1.82, 2.24) is 19.7 Å². The zero-order valence-electron chi connectivity index (χ0n) is 13.2. The van der Waals surface area contributed by atoms with Crippen molar-refractivity contribution >= 4 is 18.2 Å². The fourth-order valence-corrected chi connectivity index (χ4v) is 3.90. The van der Waals surface area contributed by atoms with Crippen molar-refractivity contribution in [3.05, 3.63) is 4.77 Å². The van der Waals surface area contributed by atoms with E-state index in [0.717, 1.165) is 36.9 Å². The smallest absolute Gasteiger partial charge is 0.226 e. The molecular weight excluding hydrogens is 282 g/mol. The maximum atomic E-state index is 5.50. The van der Waals surface area contributed by atoms with Crippen molar-refractivity contribution in [2.75, 3.05) is 31.1 Å². The molecule has 0 unspecified atom stereocenters. The molecule has 21 heavy (non-hydrogen) atoms. The number of nitrogens with zero attached hydrogens (tertiary/aromatic N) is 4. The molecule has 6 heteroatoms. The molecule has 2 fully saturated rings. The zero-order chi connectivity index (χ0) is 14.8. The number of hydrogen-bond acceptors (Lipinski definition) is 4. The molecule has 1 N–H and O–H groups in total. The van der Waals surface area contributed by atoms with Crippen molar-refractivity contribution in [3.8, 4) is 0 Å². The largest absolute Gasteiger partial charge is 0.338 e. The normalized spacial score (nSPS) is 22.1. The van der Waals surface area contributed by atoms with E-state index in [2.05, 4.69) is 38.4 Å². The molecule has 0 bridgehead atoms. The highest BCUT2D eigenvalue weighted by Crippen LogP contribution is 2.31. The highest BCUT2D eigenvalue weighted by atomic mass is 32.1. The maximum Gasteiger partial charge on any atom is 0.226 e. The third kappa shape index (κ3) is 3.16. The topological polar surface area (TPSA) is 40.1 Å². The molecule has 0 spiro atoms. The fraction of sp³-hybridized carbons (Fsp3) is 0.867. The SMILES string of the molecule is CC(C)N1CCN(c2n[nH]c(=S)n2C2CCCCC2)CC1. The third-order valence-electron chi connectivity index (χ3n) is 4.95. The Morgan fingerprint density at radius 2 is 1.76 bits per heavy atom. The summed E-state index contributed by atoms with van der Waals surface area (Å²) in [5.74, 6) is 1.07. The number of nitrogens with one attached hydrogen (secondary N) is 1. The molecule has 5 nitrogen and oxygen atoms in total. The summed E-state index contributed by atoms with van der Waals surface area (Å²) in [5, 5.41) is 7.56. The van der Waals surface area contributed by atoms with Gasteiger partial charge < -0.3 is 4.90 Å². The van der Waals surface area contributed by atoms with Crippen LogP contribution in [0.15, 0.2) is 0 Å². The summed E-state index contributed by atoms with van der Waals surface area (Å²) in [6.07, 6.45) is 6.49. The Bertz CT molecular complexity index is 506. The van der Waals surface area contributed by atoms with Gasteiger partial charge in [0.1, 0.15) is 0 Å². The van der Waals surface area contributed by atoms with Crippen LogP contribution in [-0.4, -0.2) is 51.9 Å². The van der Waals surface area contributed by atoms with Gasteiger partial charge in [-0.1, -0.05) is 19.3 Å². The molecule has 2 aliphatic rings. The number of rotatable bonds is 3. The van der Waals surface area contributed by atoms with E-state index < -0.39 is 0 Å². The first-order valence-electron chi connectivity index (χ1n) is 8.32. The minimum Gasteiger partial charge on any atom is -0.338 e. The molecule has 2 heterocycles. The van der Waals surface area contributed by atoms with Gasteiger partial charge in [-0.2, -0.15) is 0 Å². The van der Waals surface area contributed by atoms with E-state index in [1.54, 1.807) is 0 Å². The maximum absolute atomic E-state index is 5.50.